The normalized spacial score (nSPS) is 45.7. The molecule has 3 heteroatoms. The van der Waals surface area contributed by atoms with Crippen molar-refractivity contribution in [2.75, 3.05) is 18.5 Å². The molecule has 0 aromatic heterocycles. The second kappa shape index (κ2) is 3.52. The fourth-order valence-corrected chi connectivity index (χ4v) is 2.71. The van der Waals surface area contributed by atoms with Crippen LogP contribution < -0.4 is 0 Å². The molecule has 1 spiro atoms. The first kappa shape index (κ1) is 9.94. The largest absolute Gasteiger partial charge is 0.378 e. The average Bonchev–Trinajstić information content (AvgIpc) is 2.47. The van der Waals surface area contributed by atoms with Crippen LogP contribution in [0.2, 0.25) is 0 Å². The second-order valence-corrected chi connectivity index (χ2v) is 5.09. The van der Waals surface area contributed by atoms with Crippen LogP contribution >= 0.6 is 15.9 Å². The molecule has 0 aliphatic carbocycles. The molecule has 0 aromatic rings. The van der Waals surface area contributed by atoms with E-state index in [1.54, 1.807) is 0 Å². The van der Waals surface area contributed by atoms with E-state index in [9.17, 15) is 0 Å². The molecule has 0 amide bonds. The predicted molar refractivity (Wildman–Crippen MR) is 55.3 cm³/mol. The molecular formula is C10H17BrO2. The molecule has 0 saturated carbocycles. The van der Waals surface area contributed by atoms with Crippen molar-refractivity contribution in [3.05, 3.63) is 0 Å². The van der Waals surface area contributed by atoms with E-state index in [0.29, 0.717) is 0 Å². The van der Waals surface area contributed by atoms with Gasteiger partial charge in [-0.1, -0.05) is 15.9 Å². The molecule has 2 atom stereocenters. The number of rotatable bonds is 1. The smallest absolute Gasteiger partial charge is 0.0924 e. The van der Waals surface area contributed by atoms with Crippen molar-refractivity contribution >= 4 is 15.9 Å². The standard InChI is InChI=1S/C10H17BrO2/c1-9(7-11)4-5-10(13-9)3-2-6-12-8-10/h2-8H2,1H3. The summed E-state index contributed by atoms with van der Waals surface area (Å²) >= 11 is 3.52. The van der Waals surface area contributed by atoms with E-state index < -0.39 is 0 Å². The van der Waals surface area contributed by atoms with E-state index in [1.807, 2.05) is 0 Å². The van der Waals surface area contributed by atoms with Crippen LogP contribution in [0.15, 0.2) is 0 Å². The number of hydrogen-bond donors (Lipinski definition) is 0. The quantitative estimate of drug-likeness (QED) is 0.665. The molecule has 2 rings (SSSR count). The molecule has 2 aliphatic heterocycles. The van der Waals surface area contributed by atoms with Crippen LogP contribution in [0.1, 0.15) is 32.6 Å². The molecule has 2 saturated heterocycles. The Balaban J connectivity index is 2.02. The minimum Gasteiger partial charge on any atom is -0.378 e. The van der Waals surface area contributed by atoms with E-state index in [2.05, 4.69) is 22.9 Å². The average molecular weight is 249 g/mol. The number of hydrogen-bond acceptors (Lipinski definition) is 2. The summed E-state index contributed by atoms with van der Waals surface area (Å²) in [6.45, 7) is 3.90. The lowest BCUT2D eigenvalue weighted by Gasteiger charge is -2.35. The molecule has 0 bridgehead atoms. The molecule has 13 heavy (non-hydrogen) atoms. The summed E-state index contributed by atoms with van der Waals surface area (Å²) in [5.74, 6) is 0. The molecule has 2 aliphatic rings. The van der Waals surface area contributed by atoms with Crippen molar-refractivity contribution in [3.8, 4) is 0 Å². The van der Waals surface area contributed by atoms with E-state index in [-0.39, 0.29) is 11.2 Å². The topological polar surface area (TPSA) is 18.5 Å². The third-order valence-corrected chi connectivity index (χ3v) is 4.33. The Morgan fingerprint density at radius 1 is 1.31 bits per heavy atom. The van der Waals surface area contributed by atoms with Crippen LogP contribution in [-0.4, -0.2) is 29.7 Å². The summed E-state index contributed by atoms with van der Waals surface area (Å²) in [7, 11) is 0. The molecule has 76 valence electrons. The van der Waals surface area contributed by atoms with Crippen molar-refractivity contribution in [1.82, 2.24) is 0 Å². The van der Waals surface area contributed by atoms with Gasteiger partial charge in [-0.3, -0.25) is 0 Å². The van der Waals surface area contributed by atoms with Crippen molar-refractivity contribution in [3.63, 3.8) is 0 Å². The minimum atomic E-state index is 0.0424. The maximum absolute atomic E-state index is 6.15. The van der Waals surface area contributed by atoms with E-state index in [0.717, 1.165) is 37.8 Å². The van der Waals surface area contributed by atoms with E-state index >= 15 is 0 Å². The van der Waals surface area contributed by atoms with E-state index in [1.165, 1.54) is 6.42 Å². The lowest BCUT2D eigenvalue weighted by Crippen LogP contribution is -2.41. The zero-order valence-corrected chi connectivity index (χ0v) is 9.73. The van der Waals surface area contributed by atoms with Crippen LogP contribution in [0, 0.1) is 0 Å². The Bertz CT molecular complexity index is 189. The maximum Gasteiger partial charge on any atom is 0.0924 e. The first-order valence-corrected chi connectivity index (χ1v) is 6.14. The highest BCUT2D eigenvalue weighted by Crippen LogP contribution is 2.42. The first-order chi connectivity index (χ1) is 6.18. The van der Waals surface area contributed by atoms with Gasteiger partial charge in [-0.25, -0.2) is 0 Å². The van der Waals surface area contributed by atoms with Crippen molar-refractivity contribution in [1.29, 1.82) is 0 Å². The van der Waals surface area contributed by atoms with Gasteiger partial charge in [0.05, 0.1) is 17.8 Å². The van der Waals surface area contributed by atoms with Crippen LogP contribution in [0.5, 0.6) is 0 Å². The third-order valence-electron chi connectivity index (χ3n) is 3.14. The molecule has 2 unspecified atom stereocenters. The van der Waals surface area contributed by atoms with Gasteiger partial charge in [0.15, 0.2) is 0 Å². The minimum absolute atomic E-state index is 0.0424. The van der Waals surface area contributed by atoms with Gasteiger partial charge >= 0.3 is 0 Å². The first-order valence-electron chi connectivity index (χ1n) is 5.02. The summed E-state index contributed by atoms with van der Waals surface area (Å²) in [5, 5.41) is 0.932. The van der Waals surface area contributed by atoms with Crippen LogP contribution in [0.3, 0.4) is 0 Å². The number of ether oxygens (including phenoxy) is 2. The lowest BCUT2D eigenvalue weighted by molar-refractivity contribution is -0.144. The summed E-state index contributed by atoms with van der Waals surface area (Å²) in [6, 6.07) is 0. The van der Waals surface area contributed by atoms with Gasteiger partial charge in [-0.15, -0.1) is 0 Å². The number of halogens is 1. The molecule has 0 radical (unpaired) electrons. The fraction of sp³-hybridized carbons (Fsp3) is 1.00. The van der Waals surface area contributed by atoms with Gasteiger partial charge in [0.1, 0.15) is 0 Å². The molecule has 0 aromatic carbocycles. The van der Waals surface area contributed by atoms with Crippen LogP contribution in [-0.2, 0) is 9.47 Å². The molecule has 2 nitrogen and oxygen atoms in total. The summed E-state index contributed by atoms with van der Waals surface area (Å²) in [4.78, 5) is 0. The van der Waals surface area contributed by atoms with Gasteiger partial charge < -0.3 is 9.47 Å². The van der Waals surface area contributed by atoms with Crippen molar-refractivity contribution in [2.45, 2.75) is 43.8 Å². The highest BCUT2D eigenvalue weighted by Gasteiger charge is 2.46. The highest BCUT2D eigenvalue weighted by atomic mass is 79.9. The van der Waals surface area contributed by atoms with Crippen LogP contribution in [0.4, 0.5) is 0 Å². The maximum atomic E-state index is 6.15. The zero-order chi connectivity index (χ0) is 9.36. The Morgan fingerprint density at radius 3 is 2.69 bits per heavy atom. The van der Waals surface area contributed by atoms with E-state index in [4.69, 9.17) is 9.47 Å². The lowest BCUT2D eigenvalue weighted by atomic mass is 9.92. The van der Waals surface area contributed by atoms with Crippen molar-refractivity contribution < 1.29 is 9.47 Å². The molecule has 0 N–H and O–H groups in total. The third kappa shape index (κ3) is 1.92. The summed E-state index contributed by atoms with van der Waals surface area (Å²) in [6.07, 6.45) is 4.64. The molecule has 2 heterocycles. The Morgan fingerprint density at radius 2 is 2.15 bits per heavy atom. The van der Waals surface area contributed by atoms with Gasteiger partial charge in [0.2, 0.25) is 0 Å². The zero-order valence-electron chi connectivity index (χ0n) is 8.14. The Kier molecular flexibility index (Phi) is 2.69. The molecular weight excluding hydrogens is 232 g/mol. The molecule has 2 fully saturated rings. The van der Waals surface area contributed by atoms with Gasteiger partial charge in [-0.05, 0) is 32.6 Å². The SMILES string of the molecule is CC1(CBr)CCC2(CCCOC2)O1. The Labute approximate surface area is 88.1 Å². The van der Waals surface area contributed by atoms with Gasteiger partial charge in [0.25, 0.3) is 0 Å². The highest BCUT2D eigenvalue weighted by molar-refractivity contribution is 9.09. The second-order valence-electron chi connectivity index (χ2n) is 4.52. The monoisotopic (exact) mass is 248 g/mol. The van der Waals surface area contributed by atoms with Crippen LogP contribution in [0.25, 0.3) is 0 Å². The summed E-state index contributed by atoms with van der Waals surface area (Å²) in [5.41, 5.74) is 0.0987. The predicted octanol–water partition coefficient (Wildman–Crippen LogP) is 2.50. The fourth-order valence-electron chi connectivity index (χ4n) is 2.32. The summed E-state index contributed by atoms with van der Waals surface area (Å²) < 4.78 is 11.7. The van der Waals surface area contributed by atoms with Gasteiger partial charge in [0, 0.05) is 11.9 Å². The number of alkyl halides is 1. The van der Waals surface area contributed by atoms with Crippen molar-refractivity contribution in [2.24, 2.45) is 0 Å². The Hall–Kier alpha value is 0.400. The van der Waals surface area contributed by atoms with Gasteiger partial charge in [-0.2, -0.15) is 0 Å².